The molecule has 1 aliphatic carbocycles. The molecule has 13 heavy (non-hydrogen) atoms. The third kappa shape index (κ3) is 1.61. The zero-order valence-electron chi connectivity index (χ0n) is 8.84. The van der Waals surface area contributed by atoms with Gasteiger partial charge in [-0.1, -0.05) is 33.3 Å². The van der Waals surface area contributed by atoms with Crippen molar-refractivity contribution in [2.75, 3.05) is 0 Å². The van der Waals surface area contributed by atoms with Crippen LogP contribution in [0, 0.1) is 17.8 Å². The molecule has 2 rings (SSSR count). The first-order valence-corrected chi connectivity index (χ1v) is 5.68. The number of fused-ring (bicyclic) bond motifs is 1. The fourth-order valence-corrected chi connectivity index (χ4v) is 3.01. The summed E-state index contributed by atoms with van der Waals surface area (Å²) in [4.78, 5) is 0. The molecule has 2 fully saturated rings. The lowest BCUT2D eigenvalue weighted by Gasteiger charge is -2.20. The Balaban J connectivity index is 1.87. The van der Waals surface area contributed by atoms with E-state index in [1.807, 2.05) is 0 Å². The Morgan fingerprint density at radius 3 is 3.00 bits per heavy atom. The molecule has 74 valence electrons. The molecule has 4 atom stereocenters. The maximum Gasteiger partial charge on any atom is 0.0324 e. The van der Waals surface area contributed by atoms with Crippen LogP contribution in [0.3, 0.4) is 0 Å². The molecular weight excluding hydrogens is 158 g/mol. The van der Waals surface area contributed by atoms with Crippen molar-refractivity contribution in [3.63, 3.8) is 0 Å². The van der Waals surface area contributed by atoms with Gasteiger partial charge in [0.05, 0.1) is 0 Å². The summed E-state index contributed by atoms with van der Waals surface area (Å²) in [7, 11) is 0. The normalized spacial score (nSPS) is 42.5. The van der Waals surface area contributed by atoms with Gasteiger partial charge in [0, 0.05) is 11.7 Å². The molecule has 1 N–H and O–H groups in total. The smallest absolute Gasteiger partial charge is 0.0324 e. The van der Waals surface area contributed by atoms with E-state index in [2.05, 4.69) is 25.7 Å². The van der Waals surface area contributed by atoms with Crippen LogP contribution in [0.15, 0.2) is 12.3 Å². The molecule has 0 aromatic carbocycles. The van der Waals surface area contributed by atoms with Gasteiger partial charge in [0.15, 0.2) is 0 Å². The van der Waals surface area contributed by atoms with Gasteiger partial charge in [0.2, 0.25) is 0 Å². The fourth-order valence-electron chi connectivity index (χ4n) is 3.01. The topological polar surface area (TPSA) is 12.0 Å². The predicted octanol–water partition coefficient (Wildman–Crippen LogP) is 2.93. The molecule has 1 nitrogen and oxygen atoms in total. The second-order valence-electron chi connectivity index (χ2n) is 4.84. The van der Waals surface area contributed by atoms with Crippen LogP contribution >= 0.6 is 0 Å². The molecule has 0 unspecified atom stereocenters. The number of piperidine rings is 1. The standard InChI is InChI=1S/C12H21N/c1-4-5-6-10-11-8(2)7-9(3)13-12(10)11/h8,10-13H,3-7H2,1-2H3/t8-,10+,11-,12+/m0/s1. The van der Waals surface area contributed by atoms with E-state index in [9.17, 15) is 0 Å². The summed E-state index contributed by atoms with van der Waals surface area (Å²) in [5, 5.41) is 3.55. The van der Waals surface area contributed by atoms with Crippen LogP contribution in [0.1, 0.15) is 39.5 Å². The Hall–Kier alpha value is -0.460. The summed E-state index contributed by atoms with van der Waals surface area (Å²) >= 11 is 0. The lowest BCUT2D eigenvalue weighted by molar-refractivity contribution is 0.415. The average molecular weight is 179 g/mol. The van der Waals surface area contributed by atoms with Gasteiger partial charge < -0.3 is 5.32 Å². The number of hydrogen-bond donors (Lipinski definition) is 1. The predicted molar refractivity (Wildman–Crippen MR) is 56.3 cm³/mol. The fraction of sp³-hybridized carbons (Fsp3) is 0.833. The number of nitrogens with one attached hydrogen (secondary N) is 1. The molecule has 1 heterocycles. The zero-order valence-corrected chi connectivity index (χ0v) is 8.84. The Morgan fingerprint density at radius 2 is 2.31 bits per heavy atom. The van der Waals surface area contributed by atoms with E-state index in [4.69, 9.17) is 0 Å². The van der Waals surface area contributed by atoms with Crippen LogP contribution in [0.25, 0.3) is 0 Å². The molecule has 2 aliphatic rings. The van der Waals surface area contributed by atoms with Crippen molar-refractivity contribution >= 4 is 0 Å². The quantitative estimate of drug-likeness (QED) is 0.702. The van der Waals surface area contributed by atoms with Gasteiger partial charge in [0.25, 0.3) is 0 Å². The van der Waals surface area contributed by atoms with Crippen LogP contribution in [0.4, 0.5) is 0 Å². The van der Waals surface area contributed by atoms with Gasteiger partial charge in [-0.25, -0.2) is 0 Å². The average Bonchev–Trinajstić information content (AvgIpc) is 2.74. The van der Waals surface area contributed by atoms with Gasteiger partial charge in [-0.05, 0) is 30.6 Å². The Bertz CT molecular complexity index is 209. The van der Waals surface area contributed by atoms with Crippen molar-refractivity contribution in [3.05, 3.63) is 12.3 Å². The Kier molecular flexibility index (Phi) is 2.35. The van der Waals surface area contributed by atoms with Crippen molar-refractivity contribution in [2.45, 2.75) is 45.6 Å². The highest BCUT2D eigenvalue weighted by atomic mass is 15.0. The highest BCUT2D eigenvalue weighted by Crippen LogP contribution is 2.52. The van der Waals surface area contributed by atoms with Crippen LogP contribution in [0.2, 0.25) is 0 Å². The van der Waals surface area contributed by atoms with E-state index in [0.29, 0.717) is 0 Å². The summed E-state index contributed by atoms with van der Waals surface area (Å²) < 4.78 is 0. The maximum atomic E-state index is 4.05. The molecule has 0 spiro atoms. The molecule has 0 bridgehead atoms. The monoisotopic (exact) mass is 179 g/mol. The third-order valence-corrected chi connectivity index (χ3v) is 3.72. The Morgan fingerprint density at radius 1 is 1.54 bits per heavy atom. The van der Waals surface area contributed by atoms with Crippen LogP contribution in [0.5, 0.6) is 0 Å². The van der Waals surface area contributed by atoms with E-state index in [-0.39, 0.29) is 0 Å². The van der Waals surface area contributed by atoms with Crippen molar-refractivity contribution < 1.29 is 0 Å². The summed E-state index contributed by atoms with van der Waals surface area (Å²) in [6.07, 6.45) is 5.37. The largest absolute Gasteiger partial charge is 0.385 e. The van der Waals surface area contributed by atoms with Crippen LogP contribution in [-0.2, 0) is 0 Å². The van der Waals surface area contributed by atoms with Gasteiger partial charge in [-0.2, -0.15) is 0 Å². The van der Waals surface area contributed by atoms with Gasteiger partial charge >= 0.3 is 0 Å². The summed E-state index contributed by atoms with van der Waals surface area (Å²) in [6.45, 7) is 8.71. The second kappa shape index (κ2) is 3.36. The molecule has 0 aromatic rings. The zero-order chi connectivity index (χ0) is 9.42. The highest BCUT2D eigenvalue weighted by Gasteiger charge is 2.54. The highest BCUT2D eigenvalue weighted by molar-refractivity contribution is 5.16. The minimum atomic E-state index is 0.794. The van der Waals surface area contributed by atoms with E-state index in [0.717, 1.165) is 23.8 Å². The molecule has 0 aromatic heterocycles. The van der Waals surface area contributed by atoms with Crippen LogP contribution in [-0.4, -0.2) is 6.04 Å². The van der Waals surface area contributed by atoms with Gasteiger partial charge in [-0.15, -0.1) is 0 Å². The second-order valence-corrected chi connectivity index (χ2v) is 4.84. The van der Waals surface area contributed by atoms with Gasteiger partial charge in [0.1, 0.15) is 0 Å². The number of hydrogen-bond acceptors (Lipinski definition) is 1. The molecular formula is C12H21N. The first-order chi connectivity index (χ1) is 6.24. The number of rotatable bonds is 3. The SMILES string of the molecule is C=C1C[C@H](C)[C@H]2[C@@H](CCCC)[C@H]2N1. The summed E-state index contributed by atoms with van der Waals surface area (Å²) in [5.74, 6) is 2.81. The first kappa shape index (κ1) is 9.11. The van der Waals surface area contributed by atoms with E-state index >= 15 is 0 Å². The molecule has 0 amide bonds. The minimum Gasteiger partial charge on any atom is -0.385 e. The van der Waals surface area contributed by atoms with Crippen LogP contribution < -0.4 is 5.32 Å². The lowest BCUT2D eigenvalue weighted by atomic mass is 9.96. The Labute approximate surface area is 81.6 Å². The van der Waals surface area contributed by atoms with E-state index < -0.39 is 0 Å². The number of allylic oxidation sites excluding steroid dienone is 1. The summed E-state index contributed by atoms with van der Waals surface area (Å²) in [6, 6.07) is 0.794. The molecule has 0 radical (unpaired) electrons. The van der Waals surface area contributed by atoms with Crippen molar-refractivity contribution in [3.8, 4) is 0 Å². The molecule has 1 saturated heterocycles. The lowest BCUT2D eigenvalue weighted by Crippen LogP contribution is -2.25. The van der Waals surface area contributed by atoms with Crippen molar-refractivity contribution in [1.82, 2.24) is 5.32 Å². The van der Waals surface area contributed by atoms with Crippen molar-refractivity contribution in [2.24, 2.45) is 17.8 Å². The molecule has 1 saturated carbocycles. The molecule has 1 heteroatoms. The van der Waals surface area contributed by atoms with Gasteiger partial charge in [-0.3, -0.25) is 0 Å². The molecule has 1 aliphatic heterocycles. The first-order valence-electron chi connectivity index (χ1n) is 5.68. The third-order valence-electron chi connectivity index (χ3n) is 3.72. The maximum absolute atomic E-state index is 4.05. The minimum absolute atomic E-state index is 0.794. The van der Waals surface area contributed by atoms with E-state index in [1.165, 1.54) is 31.4 Å². The van der Waals surface area contributed by atoms with Crippen molar-refractivity contribution in [1.29, 1.82) is 0 Å². The van der Waals surface area contributed by atoms with E-state index in [1.54, 1.807) is 0 Å². The number of unbranched alkanes of at least 4 members (excludes halogenated alkanes) is 1. The summed E-state index contributed by atoms with van der Waals surface area (Å²) in [5.41, 5.74) is 1.27.